The molecule has 2 saturated carbocycles. The van der Waals surface area contributed by atoms with Crippen LogP contribution in [-0.2, 0) is 19.1 Å². The van der Waals surface area contributed by atoms with Gasteiger partial charge in [-0.2, -0.15) is 0 Å². The number of rotatable bonds is 6. The number of halogens is 1. The minimum atomic E-state index is -1.44. The molecule has 3 fully saturated rings. The Morgan fingerprint density at radius 1 is 1.13 bits per heavy atom. The lowest BCUT2D eigenvalue weighted by atomic mass is 10.0. The molecule has 0 unspecified atom stereocenters. The van der Waals surface area contributed by atoms with Gasteiger partial charge in [0.1, 0.15) is 40.9 Å². The van der Waals surface area contributed by atoms with Crippen molar-refractivity contribution in [2.45, 2.75) is 100 Å². The van der Waals surface area contributed by atoms with Crippen LogP contribution in [0.2, 0.25) is 0 Å². The van der Waals surface area contributed by atoms with Gasteiger partial charge in [0.05, 0.1) is 13.7 Å². The van der Waals surface area contributed by atoms with Gasteiger partial charge in [0.15, 0.2) is 0 Å². The van der Waals surface area contributed by atoms with Crippen LogP contribution in [0.1, 0.15) is 70.6 Å². The summed E-state index contributed by atoms with van der Waals surface area (Å²) in [6.07, 6.45) is 9.05. The van der Waals surface area contributed by atoms with Crippen LogP contribution in [0, 0.1) is 11.7 Å². The molecule has 252 valence electrons. The van der Waals surface area contributed by atoms with E-state index in [2.05, 4.69) is 15.6 Å². The number of para-hydroxylation sites is 1. The fourth-order valence-electron chi connectivity index (χ4n) is 7.04. The number of ether oxygens (including phenoxy) is 3. The quantitative estimate of drug-likeness (QED) is 0.389. The van der Waals surface area contributed by atoms with Gasteiger partial charge in [-0.25, -0.2) is 19.0 Å². The summed E-state index contributed by atoms with van der Waals surface area (Å²) < 4.78 is 31.9. The molecule has 3 amide bonds. The number of fused-ring (bicyclic) bond motifs is 3. The van der Waals surface area contributed by atoms with Crippen molar-refractivity contribution in [1.29, 1.82) is 0 Å². The number of aromatic nitrogens is 1. The standard InChI is InChI=1S/C34H41FN4O8/c1-45-28-17-27(24-13-8-14-25(35)30(24)37-28)46-23-16-26-31(41)38-34(32(42)43)18-20(34)9-4-2-3-5-10-21(15-29(40)39(26)19-23)36-33(44)47-22-11-6-7-12-22/h4,8-9,13-14,17,20-23,26H,2-3,5-7,10-12,15-16,18-19H2,1H3,(H,36,44)(H,38,41)(H,42,43)/b9-4-/t20-,21-,23+,26-,34+/m0/s1. The lowest BCUT2D eigenvalue weighted by molar-refractivity contribution is -0.145. The number of nitrogens with zero attached hydrogens (tertiary/aromatic N) is 2. The summed E-state index contributed by atoms with van der Waals surface area (Å²) in [5.41, 5.74) is -1.39. The molecule has 0 radical (unpaired) electrons. The number of hydrogen-bond donors (Lipinski definition) is 3. The number of alkyl carbamates (subject to hydrolysis) is 1. The van der Waals surface area contributed by atoms with E-state index in [1.165, 1.54) is 30.2 Å². The number of allylic oxidation sites excluding steroid dienone is 1. The predicted octanol–water partition coefficient (Wildman–Crippen LogP) is 4.25. The molecular weight excluding hydrogens is 611 g/mol. The summed E-state index contributed by atoms with van der Waals surface area (Å²) in [7, 11) is 1.40. The smallest absolute Gasteiger partial charge is 0.407 e. The molecule has 1 aromatic heterocycles. The van der Waals surface area contributed by atoms with Gasteiger partial charge in [-0.1, -0.05) is 24.6 Å². The van der Waals surface area contributed by atoms with Crippen LogP contribution in [0.25, 0.3) is 10.9 Å². The highest BCUT2D eigenvalue weighted by molar-refractivity contribution is 5.95. The number of hydrogen-bond acceptors (Lipinski definition) is 8. The van der Waals surface area contributed by atoms with Crippen molar-refractivity contribution in [3.63, 3.8) is 0 Å². The first-order valence-corrected chi connectivity index (χ1v) is 16.5. The van der Waals surface area contributed by atoms with E-state index in [0.29, 0.717) is 18.2 Å². The molecule has 5 atom stereocenters. The topological polar surface area (TPSA) is 156 Å². The number of methoxy groups -OCH3 is 1. The normalized spacial score (nSPS) is 29.1. The first kappa shape index (κ1) is 32.5. The molecule has 12 nitrogen and oxygen atoms in total. The van der Waals surface area contributed by atoms with Gasteiger partial charge < -0.3 is 34.9 Å². The second-order valence-electron chi connectivity index (χ2n) is 13.0. The van der Waals surface area contributed by atoms with Gasteiger partial charge >= 0.3 is 12.1 Å². The number of pyridine rings is 1. The zero-order chi connectivity index (χ0) is 33.1. The SMILES string of the molecule is COc1cc(O[C@@H]2C[C@H]3C(=O)N[C@]4(C(=O)O)C[C@@H]4/C=C\CCCC[C@H](NC(=O)OC4CCCC4)CC(=O)N3C2)c2cccc(F)c2n1. The minimum Gasteiger partial charge on any atom is -0.488 e. The monoisotopic (exact) mass is 652 g/mol. The Balaban J connectivity index is 1.26. The summed E-state index contributed by atoms with van der Waals surface area (Å²) >= 11 is 0. The highest BCUT2D eigenvalue weighted by Crippen LogP contribution is 2.45. The van der Waals surface area contributed by atoms with Gasteiger partial charge in [-0.05, 0) is 63.5 Å². The Kier molecular flexibility index (Phi) is 9.51. The first-order valence-electron chi connectivity index (χ1n) is 16.5. The maximum Gasteiger partial charge on any atom is 0.407 e. The first-order chi connectivity index (χ1) is 22.7. The fraction of sp³-hybridized carbons (Fsp3) is 0.559. The van der Waals surface area contributed by atoms with Gasteiger partial charge in [-0.15, -0.1) is 0 Å². The lowest BCUT2D eigenvalue weighted by Crippen LogP contribution is -2.53. The second-order valence-corrected chi connectivity index (χ2v) is 13.0. The Morgan fingerprint density at radius 2 is 1.91 bits per heavy atom. The number of benzene rings is 1. The average molecular weight is 653 g/mol. The summed E-state index contributed by atoms with van der Waals surface area (Å²) in [4.78, 5) is 58.5. The van der Waals surface area contributed by atoms with Crippen LogP contribution < -0.4 is 20.1 Å². The van der Waals surface area contributed by atoms with E-state index in [-0.39, 0.29) is 60.9 Å². The van der Waals surface area contributed by atoms with Gasteiger partial charge in [-0.3, -0.25) is 9.59 Å². The molecule has 3 N–H and O–H groups in total. The zero-order valence-corrected chi connectivity index (χ0v) is 26.4. The number of carbonyl (C=O) groups excluding carboxylic acids is 3. The van der Waals surface area contributed by atoms with E-state index in [4.69, 9.17) is 14.2 Å². The molecule has 2 aliphatic carbocycles. The highest BCUT2D eigenvalue weighted by Gasteiger charge is 2.61. The van der Waals surface area contributed by atoms with Crippen LogP contribution in [0.3, 0.4) is 0 Å². The Hall–Kier alpha value is -4.42. The van der Waals surface area contributed by atoms with Gasteiger partial charge in [0.25, 0.3) is 0 Å². The van der Waals surface area contributed by atoms with Crippen molar-refractivity contribution < 1.29 is 42.9 Å². The number of nitrogens with one attached hydrogen (secondary N) is 2. The number of aliphatic carboxylic acids is 1. The summed E-state index contributed by atoms with van der Waals surface area (Å²) in [6.45, 7) is 0.0149. The second kappa shape index (κ2) is 13.7. The number of carbonyl (C=O) groups is 4. The van der Waals surface area contributed by atoms with Crippen molar-refractivity contribution in [1.82, 2.24) is 20.5 Å². The number of carboxylic acid groups (broad SMARTS) is 1. The van der Waals surface area contributed by atoms with Crippen molar-refractivity contribution in [3.05, 3.63) is 42.2 Å². The van der Waals surface area contributed by atoms with E-state index < -0.39 is 47.5 Å². The van der Waals surface area contributed by atoms with E-state index in [1.807, 2.05) is 12.2 Å². The van der Waals surface area contributed by atoms with Crippen molar-refractivity contribution >= 4 is 34.8 Å². The van der Waals surface area contributed by atoms with Crippen LogP contribution in [0.5, 0.6) is 11.6 Å². The van der Waals surface area contributed by atoms with Crippen LogP contribution in [0.4, 0.5) is 9.18 Å². The Bertz CT molecular complexity index is 1560. The Labute approximate surface area is 272 Å². The third-order valence-corrected chi connectivity index (χ3v) is 9.72. The molecule has 2 aromatic rings. The van der Waals surface area contributed by atoms with E-state index in [9.17, 15) is 28.7 Å². The molecule has 3 heterocycles. The molecule has 6 rings (SSSR count). The summed E-state index contributed by atoms with van der Waals surface area (Å²) in [5.74, 6) is -2.62. The molecule has 1 aromatic carbocycles. The van der Waals surface area contributed by atoms with E-state index in [0.717, 1.165) is 38.5 Å². The molecular formula is C34H41FN4O8. The molecule has 1 saturated heterocycles. The van der Waals surface area contributed by atoms with Crippen LogP contribution in [0.15, 0.2) is 36.4 Å². The zero-order valence-electron chi connectivity index (χ0n) is 26.4. The molecule has 0 bridgehead atoms. The number of amides is 3. The molecule has 47 heavy (non-hydrogen) atoms. The fourth-order valence-corrected chi connectivity index (χ4v) is 7.04. The maximum absolute atomic E-state index is 14.7. The lowest BCUT2D eigenvalue weighted by Gasteiger charge is -2.27. The highest BCUT2D eigenvalue weighted by atomic mass is 19.1. The summed E-state index contributed by atoms with van der Waals surface area (Å²) in [5, 5.41) is 16.1. The average Bonchev–Trinajstić information content (AvgIpc) is 3.32. The number of carboxylic acids is 1. The largest absolute Gasteiger partial charge is 0.488 e. The van der Waals surface area contributed by atoms with Crippen molar-refractivity contribution in [3.8, 4) is 11.6 Å². The van der Waals surface area contributed by atoms with E-state index in [1.54, 1.807) is 6.07 Å². The van der Waals surface area contributed by atoms with Crippen molar-refractivity contribution in [2.75, 3.05) is 13.7 Å². The van der Waals surface area contributed by atoms with E-state index >= 15 is 0 Å². The predicted molar refractivity (Wildman–Crippen MR) is 167 cm³/mol. The maximum atomic E-state index is 14.7. The Morgan fingerprint density at radius 3 is 2.68 bits per heavy atom. The van der Waals surface area contributed by atoms with Gasteiger partial charge in [0, 0.05) is 36.3 Å². The van der Waals surface area contributed by atoms with Crippen LogP contribution in [-0.4, -0.2) is 82.4 Å². The third-order valence-electron chi connectivity index (χ3n) is 9.72. The van der Waals surface area contributed by atoms with Crippen LogP contribution >= 0.6 is 0 Å². The molecule has 0 spiro atoms. The summed E-state index contributed by atoms with van der Waals surface area (Å²) in [6, 6.07) is 4.44. The van der Waals surface area contributed by atoms with Crippen molar-refractivity contribution in [2.24, 2.45) is 5.92 Å². The molecule has 2 aliphatic heterocycles. The minimum absolute atomic E-state index is 0.0149. The molecule has 4 aliphatic rings. The third kappa shape index (κ3) is 7.13. The van der Waals surface area contributed by atoms with Gasteiger partial charge in [0.2, 0.25) is 17.7 Å². The molecule has 13 heteroatoms.